The molecule has 15 N–H and O–H groups in total. The first-order valence-electron chi connectivity index (χ1n) is 40.5. The molecule has 0 spiro atoms. The Labute approximate surface area is 801 Å². The van der Waals surface area contributed by atoms with Crippen molar-refractivity contribution in [1.82, 2.24) is 14.5 Å². The number of nitrogens with two attached hydrogens (primary N) is 4. The van der Waals surface area contributed by atoms with Crippen molar-refractivity contribution in [2.45, 2.75) is 239 Å². The molecule has 7 heterocycles. The third kappa shape index (κ3) is 30.7. The van der Waals surface area contributed by atoms with Gasteiger partial charge in [0.15, 0.2) is 68.9 Å². The Morgan fingerprint density at radius 1 is 0.375 bits per heavy atom. The Morgan fingerprint density at radius 2 is 0.721 bits per heavy atom. The van der Waals surface area contributed by atoms with Gasteiger partial charge in [-0.1, -0.05) is 70.2 Å². The van der Waals surface area contributed by atoms with E-state index < -0.39 is 131 Å². The van der Waals surface area contributed by atoms with Crippen LogP contribution in [0.5, 0.6) is 0 Å². The minimum atomic E-state index is -3.33. The monoisotopic (exact) mass is 2030 g/mol. The number of anilines is 4. The molecule has 754 valence electrons. The maximum Gasteiger partial charge on any atom is 0.323 e. The zero-order valence-electron chi connectivity index (χ0n) is 73.1. The Hall–Kier alpha value is -11.7. The van der Waals surface area contributed by atoms with Gasteiger partial charge in [-0.3, -0.25) is 33.6 Å². The quantitative estimate of drug-likeness (QED) is 0.0240. The van der Waals surface area contributed by atoms with Gasteiger partial charge in [-0.05, 0) is 236 Å². The number of carboxylic acids is 3. The highest BCUT2D eigenvalue weighted by molar-refractivity contribution is 7.93. The minimum Gasteiger partial charge on any atom is -0.481 e. The van der Waals surface area contributed by atoms with Crippen molar-refractivity contribution in [2.75, 3.05) is 72.2 Å². The maximum absolute atomic E-state index is 12.1. The fraction of sp³-hybridized carbons (Fsp3) is 0.415. The molecule has 3 aromatic heterocycles. The lowest BCUT2D eigenvalue weighted by Crippen LogP contribution is -2.32. The molecular weight excluding hydrogens is 1890 g/mol. The van der Waals surface area contributed by atoms with Crippen LogP contribution in [0.15, 0.2) is 186 Å². The number of hydrogen-bond donors (Lipinski definition) is 11. The first-order valence-corrected chi connectivity index (χ1v) is 52.1. The summed E-state index contributed by atoms with van der Waals surface area (Å²) in [5, 5.41) is 32.6. The molecule has 4 aliphatic heterocycles. The predicted octanol–water partition coefficient (Wildman–Crippen LogP) is 12.7. The number of benzene rings is 7. The van der Waals surface area contributed by atoms with Gasteiger partial charge in [0, 0.05) is 126 Å². The lowest BCUT2D eigenvalue weighted by atomic mass is 9.98. The van der Waals surface area contributed by atoms with Crippen LogP contribution in [0, 0.1) is 0 Å². The predicted molar refractivity (Wildman–Crippen MR) is 540 cm³/mol. The van der Waals surface area contributed by atoms with E-state index in [1.54, 1.807) is 213 Å². The molecule has 2 unspecified atom stereocenters. The molecule has 0 aliphatic carbocycles. The first-order chi connectivity index (χ1) is 59.8. The maximum atomic E-state index is 12.1. The van der Waals surface area contributed by atoms with Gasteiger partial charge < -0.3 is 73.2 Å². The molecule has 0 saturated carbocycles. The first kappa shape index (κ1) is 122. The number of carbonyl (C=O) groups excluding carboxylic acids is 4. The number of aliphatic carboxylic acids is 3. The second kappa shape index (κ2) is 49.9. The molecule has 136 heavy (non-hydrogen) atoms. The number of fused-ring (bicyclic) bond motifs is 7. The molecule has 14 rings (SSSR count). The van der Waals surface area contributed by atoms with Crippen molar-refractivity contribution in [3.8, 4) is 0 Å². The van der Waals surface area contributed by atoms with Crippen LogP contribution in [-0.4, -0.2) is 208 Å². The summed E-state index contributed by atoms with van der Waals surface area (Å²) in [6.07, 6.45) is 9.04. The molecule has 4 amide bonds. The lowest BCUT2D eigenvalue weighted by Gasteiger charge is -2.17. The van der Waals surface area contributed by atoms with Crippen LogP contribution in [0.3, 0.4) is 0 Å². The van der Waals surface area contributed by atoms with E-state index in [-0.39, 0.29) is 144 Å². The Morgan fingerprint density at radius 3 is 1.11 bits per heavy atom. The van der Waals surface area contributed by atoms with Crippen molar-refractivity contribution < 1.29 is 108 Å². The molecule has 7 aromatic carbocycles. The smallest absolute Gasteiger partial charge is 0.323 e. The standard InChI is InChI=1S/C13H18N2O3S.2C13H16N2O3S.2C13H17NO4S.C11H14N2O3S.C11H11NO4S.7CH4/c2*1-8(2)19(17,18)10-3-4-12-11(6-10)9(7-15-12)5-13(14)16;1-9(2)19(17,18)11-4-3-10-5-6-15(8-13(14)16)12(10)7-11;1-8(2)19(17,18)10-3-4-12-11(6-10)9(7-14-12)5-13(15)16;1-9(2)19(17,18)11-4-3-10-5-6-14(8-13(15)16)12(10)7-11;1-17(15,16)9-3-2-8-4-5-13(7-11(12)14)10(8)6-9;1-17(15,16)8-2-3-10-9(5-8)7(6-12-10)4-11(13)14;;;;;;;/h3-4,6,8-9,15H,5,7H2,1-2H3,(H2,14,16);3-4,6-8,15H,5H2,1-2H3,(H2,14,16);3-7,9H,8H2,1-2H3,(H2,14,16);3-4,6,8-9,14H,5,7H2,1-2H3,(H,15,16);3-4,7,9H,5-6,8H2,1-2H3,(H,15,16);2-3,6H,4-5,7H2,1H3,(H2,12,14);2-3,5-6,12H,4H2,1H3,(H,13,14);7*1H4. The molecule has 0 fully saturated rings. The summed E-state index contributed by atoms with van der Waals surface area (Å²) in [7, 11) is -23.1. The Balaban J connectivity index is 0.000000787. The molecule has 0 bridgehead atoms. The molecule has 42 heteroatoms. The average molecular weight is 2030 g/mol. The topological polar surface area (TPSA) is 590 Å². The van der Waals surface area contributed by atoms with Gasteiger partial charge in [0.05, 0.1) is 86.3 Å². The number of aromatic nitrogens is 3. The number of hydrogen-bond acceptors (Lipinski definition) is 25. The summed E-state index contributed by atoms with van der Waals surface area (Å²) in [6, 6.07) is 36.2. The van der Waals surface area contributed by atoms with Crippen molar-refractivity contribution in [2.24, 2.45) is 22.9 Å². The molecule has 2 atom stereocenters. The highest BCUT2D eigenvalue weighted by atomic mass is 32.2. The second-order valence-electron chi connectivity index (χ2n) is 32.6. The zero-order chi connectivity index (χ0) is 96.3. The Bertz CT molecular complexity index is 6420. The van der Waals surface area contributed by atoms with Gasteiger partial charge >= 0.3 is 17.9 Å². The number of aromatic amines is 2. The van der Waals surface area contributed by atoms with Gasteiger partial charge in [-0.2, -0.15) is 0 Å². The van der Waals surface area contributed by atoms with E-state index in [0.717, 1.165) is 85.9 Å². The number of carboxylic acid groups (broad SMARTS) is 3. The number of H-pyrrole nitrogens is 2. The van der Waals surface area contributed by atoms with Crippen LogP contribution in [0.4, 0.5) is 22.7 Å². The highest BCUT2D eigenvalue weighted by Gasteiger charge is 2.33. The van der Waals surface area contributed by atoms with Crippen LogP contribution in [-0.2, 0) is 135 Å². The SMILES string of the molecule is C.C.C.C.C.C.C.CC(C)S(=O)(=O)c1ccc2[nH]cc(CC(N)=O)c2c1.CC(C)S(=O)(=O)c1ccc2c(c1)C(CC(=O)O)CN2.CC(C)S(=O)(=O)c1ccc2c(c1)C(CC(N)=O)CN2.CC(C)S(=O)(=O)c1ccc2c(c1)N(CC(=O)O)CC2.CC(C)S(=O)(=O)c1ccc2ccn(CC(N)=O)c2c1.CS(=O)(=O)c1ccc2[nH]cc(CC(=O)O)c2c1.CS(=O)(=O)c1ccc2c(c1)N(CC(N)=O)CC2. The third-order valence-corrected chi connectivity index (χ3v) is 34.5. The van der Waals surface area contributed by atoms with E-state index in [4.69, 9.17) is 38.3 Å². The van der Waals surface area contributed by atoms with E-state index in [1.165, 1.54) is 18.4 Å². The number of sulfone groups is 7. The summed E-state index contributed by atoms with van der Waals surface area (Å²) in [6.45, 7) is 18.9. The molecule has 4 aliphatic rings. The number of nitrogens with one attached hydrogen (secondary N) is 4. The van der Waals surface area contributed by atoms with Gasteiger partial charge in [0.25, 0.3) is 0 Å². The van der Waals surface area contributed by atoms with Crippen LogP contribution in [0.25, 0.3) is 32.7 Å². The molecule has 0 saturated heterocycles. The van der Waals surface area contributed by atoms with Crippen LogP contribution < -0.4 is 43.4 Å². The summed E-state index contributed by atoms with van der Waals surface area (Å²) >= 11 is 0. The summed E-state index contributed by atoms with van der Waals surface area (Å²) in [4.78, 5) is 87.4. The Kier molecular flexibility index (Phi) is 44.9. The van der Waals surface area contributed by atoms with Crippen molar-refractivity contribution in [1.29, 1.82) is 0 Å². The zero-order valence-corrected chi connectivity index (χ0v) is 78.8. The van der Waals surface area contributed by atoms with Gasteiger partial charge in [0.2, 0.25) is 23.6 Å². The number of amides is 4. The van der Waals surface area contributed by atoms with Crippen LogP contribution in [0.1, 0.15) is 179 Å². The summed E-state index contributed by atoms with van der Waals surface area (Å²) < 4.78 is 169. The van der Waals surface area contributed by atoms with E-state index in [2.05, 4.69) is 20.6 Å². The van der Waals surface area contributed by atoms with Gasteiger partial charge in [-0.25, -0.2) is 58.9 Å². The van der Waals surface area contributed by atoms with E-state index >= 15 is 0 Å². The van der Waals surface area contributed by atoms with E-state index in [0.29, 0.717) is 53.1 Å². The fourth-order valence-corrected chi connectivity index (χ4v) is 21.0. The largest absolute Gasteiger partial charge is 0.481 e. The van der Waals surface area contributed by atoms with Crippen molar-refractivity contribution >= 4 is 166 Å². The summed E-state index contributed by atoms with van der Waals surface area (Å²) in [5.74, 6) is -4.66. The fourth-order valence-electron chi connectivity index (χ4n) is 14.2. The molecule has 0 radical (unpaired) electrons. The van der Waals surface area contributed by atoms with Crippen LogP contribution in [0.2, 0.25) is 0 Å². The molecule has 10 aromatic rings. The van der Waals surface area contributed by atoms with Crippen molar-refractivity contribution in [3.63, 3.8) is 0 Å². The number of primary amides is 4. The minimum absolute atomic E-state index is 0. The van der Waals surface area contributed by atoms with Gasteiger partial charge in [-0.15, -0.1) is 0 Å². The van der Waals surface area contributed by atoms with E-state index in [9.17, 15) is 92.5 Å². The number of nitrogens with zero attached hydrogens (tertiary/aromatic N) is 3. The normalized spacial score (nSPS) is 13.9. The summed E-state index contributed by atoms with van der Waals surface area (Å²) in [5.41, 5.74) is 31.2. The number of rotatable bonds is 26. The van der Waals surface area contributed by atoms with Crippen LogP contribution >= 0.6 is 0 Å². The lowest BCUT2D eigenvalue weighted by molar-refractivity contribution is -0.138. The molecular formula is C94H137N11O24S7. The number of carbonyl (C=O) groups is 7. The highest BCUT2D eigenvalue weighted by Crippen LogP contribution is 2.39. The second-order valence-corrected chi connectivity index (χ2v) is 49.2. The van der Waals surface area contributed by atoms with Gasteiger partial charge in [0.1, 0.15) is 13.1 Å². The van der Waals surface area contributed by atoms with E-state index in [1.807, 2.05) is 11.0 Å². The molecule has 35 nitrogen and oxygen atoms in total. The van der Waals surface area contributed by atoms with Crippen molar-refractivity contribution in [3.05, 3.63) is 185 Å². The third-order valence-electron chi connectivity index (χ3n) is 21.5. The average Bonchev–Trinajstić information content (AvgIpc) is 1.64.